The van der Waals surface area contributed by atoms with E-state index in [1.165, 1.54) is 5.56 Å². The van der Waals surface area contributed by atoms with Crippen LogP contribution in [-0.4, -0.2) is 28.4 Å². The predicted molar refractivity (Wildman–Crippen MR) is 111 cm³/mol. The number of hydrogen-bond donors (Lipinski definition) is 1. The van der Waals surface area contributed by atoms with Gasteiger partial charge in [0.2, 0.25) is 5.91 Å². The number of aryl methyl sites for hydroxylation is 1. The second kappa shape index (κ2) is 9.28. The van der Waals surface area contributed by atoms with Crippen LogP contribution in [0.1, 0.15) is 24.8 Å². The van der Waals surface area contributed by atoms with Crippen molar-refractivity contribution in [2.45, 2.75) is 38.3 Å². The Bertz CT molecular complexity index is 939. The fraction of sp³-hybridized carbons (Fsp3) is 0.304. The minimum Gasteiger partial charge on any atom is -0.486 e. The van der Waals surface area contributed by atoms with Crippen LogP contribution < -0.4 is 14.8 Å². The Balaban J connectivity index is 1.19. The predicted octanol–water partition coefficient (Wildman–Crippen LogP) is 4.07. The van der Waals surface area contributed by atoms with E-state index in [-0.39, 0.29) is 12.0 Å². The molecule has 0 saturated heterocycles. The van der Waals surface area contributed by atoms with Crippen LogP contribution in [0.25, 0.3) is 0 Å². The first-order valence-electron chi connectivity index (χ1n) is 10.0. The average molecular weight is 391 g/mol. The highest BCUT2D eigenvalue weighted by Crippen LogP contribution is 2.31. The van der Waals surface area contributed by atoms with Crippen LogP contribution in [0, 0.1) is 0 Å². The van der Waals surface area contributed by atoms with Crippen molar-refractivity contribution in [2.24, 2.45) is 0 Å². The lowest BCUT2D eigenvalue weighted by atomic mass is 10.1. The Morgan fingerprint density at radius 3 is 2.72 bits per heavy atom. The van der Waals surface area contributed by atoms with Gasteiger partial charge in [-0.3, -0.25) is 9.48 Å². The summed E-state index contributed by atoms with van der Waals surface area (Å²) in [4.78, 5) is 12.2. The van der Waals surface area contributed by atoms with Gasteiger partial charge >= 0.3 is 0 Å². The van der Waals surface area contributed by atoms with Crippen molar-refractivity contribution in [3.05, 3.63) is 72.6 Å². The van der Waals surface area contributed by atoms with Gasteiger partial charge in [0, 0.05) is 12.6 Å². The van der Waals surface area contributed by atoms with Crippen LogP contribution in [0.2, 0.25) is 0 Å². The van der Waals surface area contributed by atoms with Crippen molar-refractivity contribution in [3.63, 3.8) is 0 Å². The minimum absolute atomic E-state index is 0.0174. The minimum atomic E-state index is -0.119. The van der Waals surface area contributed by atoms with Crippen LogP contribution in [-0.2, 0) is 17.8 Å². The van der Waals surface area contributed by atoms with Crippen molar-refractivity contribution < 1.29 is 14.3 Å². The van der Waals surface area contributed by atoms with Crippen LogP contribution in [0.3, 0.4) is 0 Å². The fourth-order valence-corrected chi connectivity index (χ4v) is 3.37. The summed E-state index contributed by atoms with van der Waals surface area (Å²) >= 11 is 0. The van der Waals surface area contributed by atoms with E-state index >= 15 is 0 Å². The highest BCUT2D eigenvalue weighted by Gasteiger charge is 2.21. The molecule has 0 radical (unpaired) electrons. The van der Waals surface area contributed by atoms with E-state index in [0.717, 1.165) is 30.8 Å². The average Bonchev–Trinajstić information content (AvgIpc) is 3.18. The van der Waals surface area contributed by atoms with Crippen molar-refractivity contribution in [1.29, 1.82) is 0 Å². The molecule has 4 rings (SSSR count). The zero-order valence-corrected chi connectivity index (χ0v) is 16.3. The molecule has 0 saturated carbocycles. The molecule has 29 heavy (non-hydrogen) atoms. The van der Waals surface area contributed by atoms with Crippen LogP contribution in [0.15, 0.2) is 67.0 Å². The Hall–Kier alpha value is -3.28. The quantitative estimate of drug-likeness (QED) is 0.588. The monoisotopic (exact) mass is 391 g/mol. The van der Waals surface area contributed by atoms with Gasteiger partial charge in [0.15, 0.2) is 17.6 Å². The Labute approximate surface area is 170 Å². The summed E-state index contributed by atoms with van der Waals surface area (Å²) in [6.07, 6.45) is 6.74. The smallest absolute Gasteiger partial charge is 0.224 e. The number of unbranched alkanes of at least 4 members (excludes halogenated alkanes) is 1. The number of benzene rings is 2. The number of aromatic nitrogens is 2. The second-order valence-electron chi connectivity index (χ2n) is 7.19. The maximum atomic E-state index is 12.2. The normalized spacial score (nSPS) is 15.1. The lowest BCUT2D eigenvalue weighted by Gasteiger charge is -2.26. The van der Waals surface area contributed by atoms with E-state index in [0.29, 0.717) is 25.3 Å². The zero-order chi connectivity index (χ0) is 19.9. The molecular formula is C23H25N3O3. The van der Waals surface area contributed by atoms with Gasteiger partial charge in [-0.25, -0.2) is 0 Å². The van der Waals surface area contributed by atoms with E-state index in [1.54, 1.807) is 10.9 Å². The number of para-hydroxylation sites is 2. The SMILES string of the molecule is O=C(CCCCc1ccccc1)Nc1cnn(CC2COc3ccccc3O2)c1. The third-order valence-corrected chi connectivity index (χ3v) is 4.84. The summed E-state index contributed by atoms with van der Waals surface area (Å²) in [6, 6.07) is 18.0. The van der Waals surface area contributed by atoms with Crippen LogP contribution in [0.5, 0.6) is 11.5 Å². The first-order chi connectivity index (χ1) is 14.3. The molecule has 3 aromatic rings. The maximum absolute atomic E-state index is 12.2. The van der Waals surface area contributed by atoms with Gasteiger partial charge in [0.05, 0.1) is 18.4 Å². The van der Waals surface area contributed by atoms with Gasteiger partial charge in [-0.15, -0.1) is 0 Å². The molecule has 1 aliphatic heterocycles. The molecular weight excluding hydrogens is 366 g/mol. The number of nitrogens with one attached hydrogen (secondary N) is 1. The molecule has 150 valence electrons. The third-order valence-electron chi connectivity index (χ3n) is 4.84. The highest BCUT2D eigenvalue weighted by molar-refractivity contribution is 5.90. The summed E-state index contributed by atoms with van der Waals surface area (Å²) in [5, 5.41) is 7.24. The summed E-state index contributed by atoms with van der Waals surface area (Å²) in [7, 11) is 0. The lowest BCUT2D eigenvalue weighted by molar-refractivity contribution is -0.116. The van der Waals surface area contributed by atoms with E-state index in [9.17, 15) is 4.79 Å². The summed E-state index contributed by atoms with van der Waals surface area (Å²) in [5.74, 6) is 1.54. The molecule has 6 heteroatoms. The Morgan fingerprint density at radius 2 is 1.86 bits per heavy atom. The van der Waals surface area contributed by atoms with E-state index in [4.69, 9.17) is 9.47 Å². The number of amides is 1. The largest absolute Gasteiger partial charge is 0.486 e. The molecule has 1 amide bonds. The van der Waals surface area contributed by atoms with Gasteiger partial charge < -0.3 is 14.8 Å². The molecule has 2 heterocycles. The molecule has 1 atom stereocenters. The molecule has 2 aromatic carbocycles. The molecule has 6 nitrogen and oxygen atoms in total. The van der Waals surface area contributed by atoms with Crippen molar-refractivity contribution >= 4 is 11.6 Å². The van der Waals surface area contributed by atoms with E-state index in [1.807, 2.05) is 48.7 Å². The topological polar surface area (TPSA) is 65.4 Å². The van der Waals surface area contributed by atoms with Gasteiger partial charge in [0.1, 0.15) is 6.61 Å². The Kier molecular flexibility index (Phi) is 6.10. The summed E-state index contributed by atoms with van der Waals surface area (Å²) in [6.45, 7) is 1.03. The first kappa shape index (κ1) is 19.1. The van der Waals surface area contributed by atoms with Crippen molar-refractivity contribution in [2.75, 3.05) is 11.9 Å². The van der Waals surface area contributed by atoms with Crippen LogP contribution in [0.4, 0.5) is 5.69 Å². The molecule has 0 fully saturated rings. The van der Waals surface area contributed by atoms with Crippen molar-refractivity contribution in [1.82, 2.24) is 9.78 Å². The van der Waals surface area contributed by atoms with Gasteiger partial charge in [0.25, 0.3) is 0 Å². The molecule has 1 aliphatic rings. The number of rotatable bonds is 8. The van der Waals surface area contributed by atoms with Gasteiger partial charge in [-0.2, -0.15) is 5.10 Å². The molecule has 0 bridgehead atoms. The van der Waals surface area contributed by atoms with Crippen molar-refractivity contribution in [3.8, 4) is 11.5 Å². The lowest BCUT2D eigenvalue weighted by Crippen LogP contribution is -2.33. The number of anilines is 1. The second-order valence-corrected chi connectivity index (χ2v) is 7.19. The summed E-state index contributed by atoms with van der Waals surface area (Å²) in [5.41, 5.74) is 2.01. The number of carbonyl (C=O) groups is 1. The number of hydrogen-bond acceptors (Lipinski definition) is 4. The Morgan fingerprint density at radius 1 is 1.07 bits per heavy atom. The van der Waals surface area contributed by atoms with E-state index < -0.39 is 0 Å². The maximum Gasteiger partial charge on any atom is 0.224 e. The molecule has 1 N–H and O–H groups in total. The third kappa shape index (κ3) is 5.38. The number of fused-ring (bicyclic) bond motifs is 1. The number of nitrogens with zero attached hydrogens (tertiary/aromatic N) is 2. The molecule has 0 spiro atoms. The fourth-order valence-electron chi connectivity index (χ4n) is 3.37. The number of carbonyl (C=O) groups excluding carboxylic acids is 1. The standard InChI is InChI=1S/C23H25N3O3/c27-23(13-7-4-10-18-8-2-1-3-9-18)25-19-14-24-26(15-19)16-20-17-28-21-11-5-6-12-22(21)29-20/h1-3,5-6,8-9,11-12,14-15,20H,4,7,10,13,16-17H2,(H,25,27). The highest BCUT2D eigenvalue weighted by atomic mass is 16.6. The van der Waals surface area contributed by atoms with Gasteiger partial charge in [-0.05, 0) is 37.0 Å². The van der Waals surface area contributed by atoms with E-state index in [2.05, 4.69) is 22.5 Å². The van der Waals surface area contributed by atoms with Gasteiger partial charge in [-0.1, -0.05) is 42.5 Å². The molecule has 1 unspecified atom stereocenters. The first-order valence-corrected chi connectivity index (χ1v) is 10.0. The molecule has 0 aliphatic carbocycles. The van der Waals surface area contributed by atoms with Crippen LogP contribution >= 0.6 is 0 Å². The summed E-state index contributed by atoms with van der Waals surface area (Å²) < 4.78 is 13.5. The molecule has 1 aromatic heterocycles. The number of ether oxygens (including phenoxy) is 2. The zero-order valence-electron chi connectivity index (χ0n) is 16.3.